The quantitative estimate of drug-likeness (QED) is 0.760. The van der Waals surface area contributed by atoms with E-state index in [9.17, 15) is 4.79 Å². The van der Waals surface area contributed by atoms with E-state index in [0.29, 0.717) is 12.5 Å². The molecule has 1 fully saturated rings. The summed E-state index contributed by atoms with van der Waals surface area (Å²) >= 11 is 0. The fraction of sp³-hybridized carbons (Fsp3) is 0.562. The first-order valence-corrected chi connectivity index (χ1v) is 7.41. The zero-order valence-electron chi connectivity index (χ0n) is 12.6. The lowest BCUT2D eigenvalue weighted by Crippen LogP contribution is -2.32. The van der Waals surface area contributed by atoms with E-state index < -0.39 is 0 Å². The average Bonchev–Trinajstić information content (AvgIpc) is 2.97. The Morgan fingerprint density at radius 3 is 2.76 bits per heavy atom. The number of ether oxygens (including phenoxy) is 1. The summed E-state index contributed by atoms with van der Waals surface area (Å²) < 4.78 is 5.13. The Morgan fingerprint density at radius 2 is 2.14 bits per heavy atom. The van der Waals surface area contributed by atoms with Crippen LogP contribution in [0.3, 0.4) is 0 Å². The van der Waals surface area contributed by atoms with Gasteiger partial charge >= 0.3 is 0 Å². The van der Waals surface area contributed by atoms with Gasteiger partial charge in [0.15, 0.2) is 0 Å². The molecule has 2 rings (SSSR count). The van der Waals surface area contributed by atoms with Gasteiger partial charge < -0.3 is 15.4 Å². The molecule has 21 heavy (non-hydrogen) atoms. The number of hydrogen-bond donors (Lipinski definition) is 2. The Balaban J connectivity index is 0.00000220. The first-order chi connectivity index (χ1) is 9.78. The van der Waals surface area contributed by atoms with Crippen LogP contribution in [0.5, 0.6) is 5.75 Å². The maximum Gasteiger partial charge on any atom is 0.221 e. The van der Waals surface area contributed by atoms with Gasteiger partial charge in [-0.2, -0.15) is 0 Å². The van der Waals surface area contributed by atoms with Crippen LogP contribution < -0.4 is 15.4 Å². The summed E-state index contributed by atoms with van der Waals surface area (Å²) in [5.74, 6) is 1.05. The summed E-state index contributed by atoms with van der Waals surface area (Å²) in [5.41, 5.74) is 1.28. The highest BCUT2D eigenvalue weighted by Crippen LogP contribution is 2.12. The molecule has 1 aliphatic heterocycles. The molecule has 1 heterocycles. The zero-order valence-corrected chi connectivity index (χ0v) is 13.4. The molecule has 0 spiro atoms. The number of hydrogen-bond acceptors (Lipinski definition) is 3. The predicted octanol–water partition coefficient (Wildman–Crippen LogP) is 2.31. The van der Waals surface area contributed by atoms with Crippen LogP contribution in [-0.4, -0.2) is 32.1 Å². The number of carbonyl (C=O) groups excluding carboxylic acids is 1. The van der Waals surface area contributed by atoms with Crippen molar-refractivity contribution in [3.8, 4) is 5.75 Å². The molecule has 1 saturated heterocycles. The van der Waals surface area contributed by atoms with E-state index in [1.54, 1.807) is 7.11 Å². The molecule has 1 aromatic carbocycles. The third kappa shape index (κ3) is 6.36. The van der Waals surface area contributed by atoms with E-state index in [1.165, 1.54) is 12.0 Å². The van der Waals surface area contributed by atoms with Crippen molar-refractivity contribution in [3.63, 3.8) is 0 Å². The highest BCUT2D eigenvalue weighted by atomic mass is 35.5. The van der Waals surface area contributed by atoms with Gasteiger partial charge in [-0.3, -0.25) is 4.79 Å². The number of aryl methyl sites for hydroxylation is 1. The van der Waals surface area contributed by atoms with Crippen LogP contribution in [0.2, 0.25) is 0 Å². The first kappa shape index (κ1) is 17.8. The van der Waals surface area contributed by atoms with Crippen molar-refractivity contribution in [1.29, 1.82) is 0 Å². The van der Waals surface area contributed by atoms with Crippen LogP contribution in [0.15, 0.2) is 24.3 Å². The molecule has 118 valence electrons. The molecular weight excluding hydrogens is 288 g/mol. The molecule has 0 aromatic heterocycles. The summed E-state index contributed by atoms with van der Waals surface area (Å²) in [6, 6.07) is 8.47. The molecule has 1 unspecified atom stereocenters. The van der Waals surface area contributed by atoms with Crippen LogP contribution in [0, 0.1) is 0 Å². The third-order valence-electron chi connectivity index (χ3n) is 3.72. The second kappa shape index (κ2) is 9.64. The van der Waals surface area contributed by atoms with Gasteiger partial charge in [-0.15, -0.1) is 12.4 Å². The average molecular weight is 313 g/mol. The van der Waals surface area contributed by atoms with Crippen molar-refractivity contribution in [2.75, 3.05) is 20.2 Å². The van der Waals surface area contributed by atoms with Crippen molar-refractivity contribution in [1.82, 2.24) is 10.6 Å². The number of amides is 1. The SMILES string of the molecule is COc1ccc(CCCNC(=O)CC2CCCN2)cc1.Cl. The number of benzene rings is 1. The standard InChI is InChI=1S/C16H24N2O2.ClH/c1-20-15-8-6-13(7-9-15)4-2-11-18-16(19)12-14-5-3-10-17-14;/h6-9,14,17H,2-5,10-12H2,1H3,(H,18,19);1H. The van der Waals surface area contributed by atoms with E-state index in [1.807, 2.05) is 12.1 Å². The molecule has 4 nitrogen and oxygen atoms in total. The summed E-state index contributed by atoms with van der Waals surface area (Å²) in [7, 11) is 1.67. The van der Waals surface area contributed by atoms with Gasteiger partial charge in [0, 0.05) is 19.0 Å². The second-order valence-electron chi connectivity index (χ2n) is 5.30. The Bertz CT molecular complexity index is 417. The van der Waals surface area contributed by atoms with Crippen molar-refractivity contribution in [2.24, 2.45) is 0 Å². The van der Waals surface area contributed by atoms with E-state index in [0.717, 1.165) is 38.1 Å². The Morgan fingerprint density at radius 1 is 1.38 bits per heavy atom. The second-order valence-corrected chi connectivity index (χ2v) is 5.30. The van der Waals surface area contributed by atoms with Gasteiger partial charge in [-0.05, 0) is 49.9 Å². The normalized spacial score (nSPS) is 17.1. The summed E-state index contributed by atoms with van der Waals surface area (Å²) in [5, 5.41) is 6.34. The minimum atomic E-state index is 0. The molecule has 1 aromatic rings. The van der Waals surface area contributed by atoms with E-state index in [4.69, 9.17) is 4.74 Å². The number of rotatable bonds is 7. The van der Waals surface area contributed by atoms with Gasteiger partial charge in [-0.25, -0.2) is 0 Å². The molecule has 5 heteroatoms. The van der Waals surface area contributed by atoms with Crippen LogP contribution in [0.4, 0.5) is 0 Å². The predicted molar refractivity (Wildman–Crippen MR) is 87.2 cm³/mol. The minimum Gasteiger partial charge on any atom is -0.497 e. The van der Waals surface area contributed by atoms with Crippen molar-refractivity contribution in [3.05, 3.63) is 29.8 Å². The number of nitrogens with one attached hydrogen (secondary N) is 2. The highest BCUT2D eigenvalue weighted by Gasteiger charge is 2.16. The maximum atomic E-state index is 11.7. The Hall–Kier alpha value is -1.26. The van der Waals surface area contributed by atoms with E-state index in [2.05, 4.69) is 22.8 Å². The number of methoxy groups -OCH3 is 1. The molecule has 0 radical (unpaired) electrons. The van der Waals surface area contributed by atoms with Gasteiger partial charge in [0.1, 0.15) is 5.75 Å². The fourth-order valence-corrected chi connectivity index (χ4v) is 2.54. The van der Waals surface area contributed by atoms with Gasteiger partial charge in [0.05, 0.1) is 7.11 Å². The lowest BCUT2D eigenvalue weighted by Gasteiger charge is -2.10. The molecule has 1 atom stereocenters. The summed E-state index contributed by atoms with van der Waals surface area (Å²) in [4.78, 5) is 11.7. The van der Waals surface area contributed by atoms with Crippen LogP contribution in [0.1, 0.15) is 31.2 Å². The zero-order chi connectivity index (χ0) is 14.2. The van der Waals surface area contributed by atoms with Crippen LogP contribution >= 0.6 is 12.4 Å². The molecule has 1 amide bonds. The molecule has 0 saturated carbocycles. The first-order valence-electron chi connectivity index (χ1n) is 7.41. The topological polar surface area (TPSA) is 50.4 Å². The Kier molecular flexibility index (Phi) is 8.16. The smallest absolute Gasteiger partial charge is 0.221 e. The molecule has 0 bridgehead atoms. The molecule has 2 N–H and O–H groups in total. The van der Waals surface area contributed by atoms with E-state index >= 15 is 0 Å². The van der Waals surface area contributed by atoms with Crippen molar-refractivity contribution in [2.45, 2.75) is 38.1 Å². The summed E-state index contributed by atoms with van der Waals surface area (Å²) in [6.45, 7) is 1.80. The van der Waals surface area contributed by atoms with Crippen LogP contribution in [0.25, 0.3) is 0 Å². The molecule has 1 aliphatic rings. The maximum absolute atomic E-state index is 11.7. The largest absolute Gasteiger partial charge is 0.497 e. The minimum absolute atomic E-state index is 0. The van der Waals surface area contributed by atoms with Crippen molar-refractivity contribution >= 4 is 18.3 Å². The molecular formula is C16H25ClN2O2. The number of carbonyl (C=O) groups is 1. The Labute approximate surface area is 133 Å². The third-order valence-corrected chi connectivity index (χ3v) is 3.72. The summed E-state index contributed by atoms with van der Waals surface area (Å²) in [6.07, 6.45) is 4.87. The molecule has 0 aliphatic carbocycles. The number of halogens is 1. The lowest BCUT2D eigenvalue weighted by atomic mass is 10.1. The fourth-order valence-electron chi connectivity index (χ4n) is 2.54. The van der Waals surface area contributed by atoms with Crippen molar-refractivity contribution < 1.29 is 9.53 Å². The van der Waals surface area contributed by atoms with Gasteiger partial charge in [0.25, 0.3) is 0 Å². The van der Waals surface area contributed by atoms with Gasteiger partial charge in [0.2, 0.25) is 5.91 Å². The van der Waals surface area contributed by atoms with Crippen LogP contribution in [-0.2, 0) is 11.2 Å². The van der Waals surface area contributed by atoms with E-state index in [-0.39, 0.29) is 18.3 Å². The van der Waals surface area contributed by atoms with Gasteiger partial charge in [-0.1, -0.05) is 12.1 Å². The highest BCUT2D eigenvalue weighted by molar-refractivity contribution is 5.85. The monoisotopic (exact) mass is 312 g/mol. The lowest BCUT2D eigenvalue weighted by molar-refractivity contribution is -0.121.